The lowest BCUT2D eigenvalue weighted by atomic mass is 10.1. The predicted octanol–water partition coefficient (Wildman–Crippen LogP) is 2.62. The molecule has 0 atom stereocenters. The summed E-state index contributed by atoms with van der Waals surface area (Å²) < 4.78 is 5.57. The van der Waals surface area contributed by atoms with Crippen molar-refractivity contribution in [1.29, 1.82) is 0 Å². The van der Waals surface area contributed by atoms with Crippen molar-refractivity contribution >= 4 is 6.01 Å². The lowest BCUT2D eigenvalue weighted by Crippen LogP contribution is -2.00. The molecule has 1 heterocycles. The van der Waals surface area contributed by atoms with Gasteiger partial charge in [-0.05, 0) is 31.4 Å². The number of nitrogens with one attached hydrogen (secondary N) is 1. The van der Waals surface area contributed by atoms with Crippen LogP contribution in [0.2, 0.25) is 0 Å². The highest BCUT2D eigenvalue weighted by Gasteiger charge is 2.23. The van der Waals surface area contributed by atoms with Gasteiger partial charge in [0.25, 0.3) is 0 Å². The van der Waals surface area contributed by atoms with E-state index in [4.69, 9.17) is 4.42 Å². The van der Waals surface area contributed by atoms with Gasteiger partial charge in [0.1, 0.15) is 0 Å². The normalized spacial score (nSPS) is 15.1. The molecule has 16 heavy (non-hydrogen) atoms. The first-order chi connectivity index (χ1) is 7.83. The Morgan fingerprint density at radius 3 is 2.81 bits per heavy atom. The number of benzene rings is 1. The number of hydrogen-bond donors (Lipinski definition) is 1. The standard InChI is InChI=1S/C12H13N3O/c1-8-4-2-3-5-10(8)11-14-15-12(16-11)13-9-6-7-9/h2-5,9H,6-7H2,1H3,(H,13,15). The van der Waals surface area contributed by atoms with Crippen molar-refractivity contribution in [2.24, 2.45) is 0 Å². The van der Waals surface area contributed by atoms with Gasteiger partial charge in [0, 0.05) is 11.6 Å². The van der Waals surface area contributed by atoms with Crippen LogP contribution in [0.25, 0.3) is 11.5 Å². The molecule has 4 nitrogen and oxygen atoms in total. The summed E-state index contributed by atoms with van der Waals surface area (Å²) >= 11 is 0. The fraction of sp³-hybridized carbons (Fsp3) is 0.333. The average Bonchev–Trinajstić information content (AvgIpc) is 2.97. The maximum absolute atomic E-state index is 5.57. The summed E-state index contributed by atoms with van der Waals surface area (Å²) in [5.74, 6) is 0.584. The van der Waals surface area contributed by atoms with Crippen molar-refractivity contribution in [2.75, 3.05) is 5.32 Å². The second-order valence-electron chi connectivity index (χ2n) is 4.15. The molecule has 0 unspecified atom stereocenters. The van der Waals surface area contributed by atoms with E-state index in [0.29, 0.717) is 17.9 Å². The zero-order chi connectivity index (χ0) is 11.0. The Bertz CT molecular complexity index is 502. The maximum Gasteiger partial charge on any atom is 0.315 e. The Balaban J connectivity index is 1.88. The molecule has 0 radical (unpaired) electrons. The first-order valence-corrected chi connectivity index (χ1v) is 5.49. The molecule has 1 saturated carbocycles. The third kappa shape index (κ3) is 1.78. The lowest BCUT2D eigenvalue weighted by molar-refractivity contribution is 0.580. The van der Waals surface area contributed by atoms with Gasteiger partial charge in [-0.2, -0.15) is 0 Å². The quantitative estimate of drug-likeness (QED) is 0.855. The first kappa shape index (κ1) is 9.39. The molecule has 3 rings (SSSR count). The van der Waals surface area contributed by atoms with E-state index in [-0.39, 0.29) is 0 Å². The van der Waals surface area contributed by atoms with Crippen molar-refractivity contribution in [1.82, 2.24) is 10.2 Å². The second kappa shape index (κ2) is 3.63. The molecular weight excluding hydrogens is 202 g/mol. The maximum atomic E-state index is 5.57. The largest absolute Gasteiger partial charge is 0.403 e. The van der Waals surface area contributed by atoms with Crippen LogP contribution in [0.5, 0.6) is 0 Å². The molecule has 1 aliphatic rings. The Morgan fingerprint density at radius 1 is 1.25 bits per heavy atom. The molecule has 1 aromatic carbocycles. The topological polar surface area (TPSA) is 51.0 Å². The molecule has 0 saturated heterocycles. The molecule has 0 bridgehead atoms. The van der Waals surface area contributed by atoms with E-state index in [0.717, 1.165) is 11.1 Å². The van der Waals surface area contributed by atoms with E-state index in [1.165, 1.54) is 12.8 Å². The smallest absolute Gasteiger partial charge is 0.315 e. The molecule has 0 amide bonds. The summed E-state index contributed by atoms with van der Waals surface area (Å²) in [6.07, 6.45) is 2.39. The van der Waals surface area contributed by atoms with Crippen LogP contribution >= 0.6 is 0 Å². The van der Waals surface area contributed by atoms with Crippen LogP contribution in [-0.4, -0.2) is 16.2 Å². The monoisotopic (exact) mass is 215 g/mol. The van der Waals surface area contributed by atoms with Gasteiger partial charge in [-0.1, -0.05) is 23.3 Å². The van der Waals surface area contributed by atoms with Gasteiger partial charge >= 0.3 is 6.01 Å². The van der Waals surface area contributed by atoms with Crippen molar-refractivity contribution in [3.05, 3.63) is 29.8 Å². The Labute approximate surface area is 93.7 Å². The molecule has 1 aliphatic carbocycles. The molecule has 1 aromatic heterocycles. The van der Waals surface area contributed by atoms with Crippen LogP contribution in [-0.2, 0) is 0 Å². The third-order valence-electron chi connectivity index (χ3n) is 2.71. The SMILES string of the molecule is Cc1ccccc1-c1nnc(NC2CC2)o1. The van der Waals surface area contributed by atoms with E-state index in [1.807, 2.05) is 31.2 Å². The van der Waals surface area contributed by atoms with Gasteiger partial charge in [-0.3, -0.25) is 0 Å². The number of anilines is 1. The highest BCUT2D eigenvalue weighted by Crippen LogP contribution is 2.27. The molecule has 0 spiro atoms. The molecule has 4 heteroatoms. The number of aromatic nitrogens is 2. The van der Waals surface area contributed by atoms with E-state index >= 15 is 0 Å². The van der Waals surface area contributed by atoms with Crippen molar-refractivity contribution in [2.45, 2.75) is 25.8 Å². The summed E-state index contributed by atoms with van der Waals surface area (Å²) in [6, 6.07) is 9.06. The van der Waals surface area contributed by atoms with Crippen molar-refractivity contribution < 1.29 is 4.42 Å². The van der Waals surface area contributed by atoms with Crippen molar-refractivity contribution in [3.8, 4) is 11.5 Å². The van der Waals surface area contributed by atoms with Gasteiger partial charge in [0.2, 0.25) is 5.89 Å². The van der Waals surface area contributed by atoms with Crippen LogP contribution in [0.1, 0.15) is 18.4 Å². The van der Waals surface area contributed by atoms with Crippen LogP contribution in [0.15, 0.2) is 28.7 Å². The number of nitrogens with zero attached hydrogens (tertiary/aromatic N) is 2. The second-order valence-corrected chi connectivity index (χ2v) is 4.15. The van der Waals surface area contributed by atoms with Gasteiger partial charge < -0.3 is 9.73 Å². The molecule has 1 N–H and O–H groups in total. The van der Waals surface area contributed by atoms with Crippen LogP contribution in [0.3, 0.4) is 0 Å². The minimum Gasteiger partial charge on any atom is -0.403 e. The van der Waals surface area contributed by atoms with Crippen molar-refractivity contribution in [3.63, 3.8) is 0 Å². The predicted molar refractivity (Wildman–Crippen MR) is 61.1 cm³/mol. The first-order valence-electron chi connectivity index (χ1n) is 5.49. The lowest BCUT2D eigenvalue weighted by Gasteiger charge is -1.99. The Hall–Kier alpha value is -1.84. The van der Waals surface area contributed by atoms with Crippen LogP contribution < -0.4 is 5.32 Å². The number of hydrogen-bond acceptors (Lipinski definition) is 4. The molecule has 1 fully saturated rings. The Morgan fingerprint density at radius 2 is 2.06 bits per heavy atom. The van der Waals surface area contributed by atoms with E-state index in [9.17, 15) is 0 Å². The summed E-state index contributed by atoms with van der Waals surface area (Å²) in [4.78, 5) is 0. The molecule has 0 aliphatic heterocycles. The molecule has 2 aromatic rings. The number of aryl methyl sites for hydroxylation is 1. The summed E-state index contributed by atoms with van der Waals surface area (Å²) in [7, 11) is 0. The molecular formula is C12H13N3O. The third-order valence-corrected chi connectivity index (χ3v) is 2.71. The number of rotatable bonds is 3. The summed E-state index contributed by atoms with van der Waals surface area (Å²) in [6.45, 7) is 2.04. The van der Waals surface area contributed by atoms with Crippen LogP contribution in [0.4, 0.5) is 6.01 Å². The van der Waals surface area contributed by atoms with Gasteiger partial charge in [-0.15, -0.1) is 5.10 Å². The van der Waals surface area contributed by atoms with Gasteiger partial charge in [0.15, 0.2) is 0 Å². The average molecular weight is 215 g/mol. The van der Waals surface area contributed by atoms with E-state index in [1.54, 1.807) is 0 Å². The van der Waals surface area contributed by atoms with E-state index in [2.05, 4.69) is 15.5 Å². The zero-order valence-corrected chi connectivity index (χ0v) is 9.10. The van der Waals surface area contributed by atoms with Crippen LogP contribution in [0, 0.1) is 6.92 Å². The minimum atomic E-state index is 0.528. The van der Waals surface area contributed by atoms with Gasteiger partial charge in [0.05, 0.1) is 0 Å². The van der Waals surface area contributed by atoms with Gasteiger partial charge in [-0.25, -0.2) is 0 Å². The van der Waals surface area contributed by atoms with E-state index < -0.39 is 0 Å². The highest BCUT2D eigenvalue weighted by atomic mass is 16.4. The highest BCUT2D eigenvalue weighted by molar-refractivity contribution is 5.58. The minimum absolute atomic E-state index is 0.528. The zero-order valence-electron chi connectivity index (χ0n) is 9.10. The summed E-state index contributed by atoms with van der Waals surface area (Å²) in [5, 5.41) is 11.2. The summed E-state index contributed by atoms with van der Waals surface area (Å²) in [5.41, 5.74) is 2.14. The fourth-order valence-electron chi connectivity index (χ4n) is 1.61. The Kier molecular flexibility index (Phi) is 2.13. The fourth-order valence-corrected chi connectivity index (χ4v) is 1.61. The molecule has 82 valence electrons.